The van der Waals surface area contributed by atoms with Crippen molar-refractivity contribution in [3.63, 3.8) is 0 Å². The van der Waals surface area contributed by atoms with E-state index in [1.54, 1.807) is 5.32 Å². The molecule has 1 rings (SSSR count). The van der Waals surface area contributed by atoms with Crippen LogP contribution in [-0.4, -0.2) is 31.1 Å². The number of hydrogen-bond acceptors (Lipinski definition) is 5. The van der Waals surface area contributed by atoms with Gasteiger partial charge in [0.2, 0.25) is 0 Å². The van der Waals surface area contributed by atoms with Crippen molar-refractivity contribution >= 4 is 17.9 Å². The van der Waals surface area contributed by atoms with Gasteiger partial charge in [-0.15, -0.1) is 0 Å². The summed E-state index contributed by atoms with van der Waals surface area (Å²) < 4.78 is 10.0. The average Bonchev–Trinajstić information content (AvgIpc) is 2.34. The van der Waals surface area contributed by atoms with Crippen LogP contribution < -0.4 is 15.8 Å². The van der Waals surface area contributed by atoms with Gasteiger partial charge < -0.3 is 15.2 Å². The van der Waals surface area contributed by atoms with E-state index in [0.717, 1.165) is 16.7 Å². The molecular formula is C14H18N2O5. The van der Waals surface area contributed by atoms with E-state index >= 15 is 0 Å². The van der Waals surface area contributed by atoms with Gasteiger partial charge in [0.25, 0.3) is 5.91 Å². The lowest BCUT2D eigenvalue weighted by Gasteiger charge is -2.12. The lowest BCUT2D eigenvalue weighted by molar-refractivity contribution is -0.150. The monoisotopic (exact) mass is 294 g/mol. The largest absolute Gasteiger partial charge is 0.481 e. The fourth-order valence-electron chi connectivity index (χ4n) is 1.89. The van der Waals surface area contributed by atoms with Crippen LogP contribution in [0.2, 0.25) is 0 Å². The van der Waals surface area contributed by atoms with Gasteiger partial charge in [-0.2, -0.15) is 0 Å². The van der Waals surface area contributed by atoms with Crippen LogP contribution in [-0.2, 0) is 14.3 Å². The minimum Gasteiger partial charge on any atom is -0.481 e. The summed E-state index contributed by atoms with van der Waals surface area (Å²) in [7, 11) is 0. The fraction of sp³-hybridized carbons (Fsp3) is 0.357. The van der Waals surface area contributed by atoms with Gasteiger partial charge in [-0.25, -0.2) is 9.59 Å². The summed E-state index contributed by atoms with van der Waals surface area (Å²) >= 11 is 0. The minimum atomic E-state index is -1.00. The van der Waals surface area contributed by atoms with E-state index in [9.17, 15) is 14.4 Å². The first kappa shape index (κ1) is 16.5. The summed E-state index contributed by atoms with van der Waals surface area (Å²) in [5.74, 6) is -0.897. The smallest absolute Gasteiger partial charge is 0.344 e. The number of nitrogens with one attached hydrogen (secondary N) is 1. The Morgan fingerprint density at radius 3 is 2.19 bits per heavy atom. The van der Waals surface area contributed by atoms with E-state index in [1.165, 1.54) is 0 Å². The van der Waals surface area contributed by atoms with Crippen LogP contribution in [0.3, 0.4) is 0 Å². The van der Waals surface area contributed by atoms with E-state index in [1.807, 2.05) is 32.9 Å². The predicted octanol–water partition coefficient (Wildman–Crippen LogP) is 0.729. The molecule has 7 heteroatoms. The molecule has 0 bridgehead atoms. The quantitative estimate of drug-likeness (QED) is 0.778. The molecule has 21 heavy (non-hydrogen) atoms. The Morgan fingerprint density at radius 2 is 1.67 bits per heavy atom. The third-order valence-corrected chi connectivity index (χ3v) is 2.57. The second kappa shape index (κ2) is 7.28. The van der Waals surface area contributed by atoms with Gasteiger partial charge in [-0.3, -0.25) is 10.1 Å². The minimum absolute atomic E-state index is 0.325. The van der Waals surface area contributed by atoms with Gasteiger partial charge in [0, 0.05) is 0 Å². The first-order valence-corrected chi connectivity index (χ1v) is 6.25. The highest BCUT2D eigenvalue weighted by Gasteiger charge is 2.11. The molecular weight excluding hydrogens is 276 g/mol. The van der Waals surface area contributed by atoms with Gasteiger partial charge in [0.1, 0.15) is 5.75 Å². The Bertz CT molecular complexity index is 545. The molecule has 1 aromatic rings. The zero-order chi connectivity index (χ0) is 16.0. The normalized spacial score (nSPS) is 9.86. The van der Waals surface area contributed by atoms with Gasteiger partial charge in [-0.05, 0) is 31.9 Å². The molecule has 0 atom stereocenters. The van der Waals surface area contributed by atoms with Crippen LogP contribution in [0.5, 0.6) is 5.75 Å². The van der Waals surface area contributed by atoms with Crippen LogP contribution in [0.1, 0.15) is 16.7 Å². The summed E-state index contributed by atoms with van der Waals surface area (Å²) in [5.41, 5.74) is 7.66. The Labute approximate surface area is 122 Å². The van der Waals surface area contributed by atoms with Crippen LogP contribution in [0.25, 0.3) is 0 Å². The molecule has 0 spiro atoms. The van der Waals surface area contributed by atoms with Crippen molar-refractivity contribution in [2.45, 2.75) is 20.8 Å². The molecule has 0 unspecified atom stereocenters. The summed E-state index contributed by atoms with van der Waals surface area (Å²) in [6.07, 6.45) is 0. The standard InChI is InChI=1S/C14H18N2O5/c1-8-4-9(2)13(10(3)5-8)21-7-12(18)20-6-11(17)16-14(15)19/h4-5H,6-7H2,1-3H3,(H3,15,16,17,19). The SMILES string of the molecule is Cc1cc(C)c(OCC(=O)OCC(=O)NC(N)=O)c(C)c1. The van der Waals surface area contributed by atoms with Crippen LogP contribution in [0, 0.1) is 20.8 Å². The molecule has 3 N–H and O–H groups in total. The third kappa shape index (κ3) is 5.52. The molecule has 0 radical (unpaired) electrons. The highest BCUT2D eigenvalue weighted by Crippen LogP contribution is 2.24. The summed E-state index contributed by atoms with van der Waals surface area (Å²) in [4.78, 5) is 32.9. The van der Waals surface area contributed by atoms with Crippen molar-refractivity contribution < 1.29 is 23.9 Å². The maximum atomic E-state index is 11.5. The number of rotatable bonds is 5. The number of hydrogen-bond donors (Lipinski definition) is 2. The Balaban J connectivity index is 2.47. The number of carbonyl (C=O) groups excluding carboxylic acids is 3. The lowest BCUT2D eigenvalue weighted by Crippen LogP contribution is -2.38. The zero-order valence-corrected chi connectivity index (χ0v) is 12.2. The number of imide groups is 1. The molecule has 0 saturated heterocycles. The van der Waals surface area contributed by atoms with Crippen molar-refractivity contribution in [3.05, 3.63) is 28.8 Å². The molecule has 0 aliphatic rings. The average molecular weight is 294 g/mol. The summed E-state index contributed by atoms with van der Waals surface area (Å²) in [6.45, 7) is 4.81. The van der Waals surface area contributed by atoms with E-state index in [4.69, 9.17) is 10.5 Å². The second-order valence-corrected chi connectivity index (χ2v) is 4.59. The Kier molecular flexibility index (Phi) is 5.71. The van der Waals surface area contributed by atoms with E-state index in [2.05, 4.69) is 4.74 Å². The number of esters is 1. The maximum absolute atomic E-state index is 11.5. The van der Waals surface area contributed by atoms with Crippen LogP contribution >= 0.6 is 0 Å². The molecule has 0 heterocycles. The highest BCUT2D eigenvalue weighted by atomic mass is 16.6. The van der Waals surface area contributed by atoms with E-state index in [-0.39, 0.29) is 6.61 Å². The summed E-state index contributed by atoms with van der Waals surface area (Å²) in [5, 5.41) is 1.78. The highest BCUT2D eigenvalue weighted by molar-refractivity contribution is 5.94. The van der Waals surface area contributed by atoms with Crippen molar-refractivity contribution in [3.8, 4) is 5.75 Å². The maximum Gasteiger partial charge on any atom is 0.344 e. The lowest BCUT2D eigenvalue weighted by atomic mass is 10.1. The molecule has 0 aliphatic carbocycles. The first-order valence-electron chi connectivity index (χ1n) is 6.25. The van der Waals surface area contributed by atoms with Gasteiger partial charge in [0.15, 0.2) is 13.2 Å². The van der Waals surface area contributed by atoms with Gasteiger partial charge in [0.05, 0.1) is 0 Å². The topological polar surface area (TPSA) is 108 Å². The second-order valence-electron chi connectivity index (χ2n) is 4.59. The predicted molar refractivity (Wildman–Crippen MR) is 74.8 cm³/mol. The molecule has 0 aliphatic heterocycles. The Morgan fingerprint density at radius 1 is 1.10 bits per heavy atom. The number of benzene rings is 1. The van der Waals surface area contributed by atoms with Crippen molar-refractivity contribution in [2.75, 3.05) is 13.2 Å². The van der Waals surface area contributed by atoms with Crippen molar-refractivity contribution in [1.82, 2.24) is 5.32 Å². The summed E-state index contributed by atoms with van der Waals surface area (Å²) in [6, 6.07) is 2.88. The van der Waals surface area contributed by atoms with Gasteiger partial charge >= 0.3 is 12.0 Å². The number of carbonyl (C=O) groups is 3. The van der Waals surface area contributed by atoms with Crippen LogP contribution in [0.4, 0.5) is 4.79 Å². The molecule has 3 amide bonds. The number of aryl methyl sites for hydroxylation is 3. The van der Waals surface area contributed by atoms with Crippen molar-refractivity contribution in [1.29, 1.82) is 0 Å². The number of amides is 3. The number of urea groups is 1. The molecule has 114 valence electrons. The fourth-order valence-corrected chi connectivity index (χ4v) is 1.89. The zero-order valence-electron chi connectivity index (χ0n) is 12.2. The molecule has 0 saturated carbocycles. The van der Waals surface area contributed by atoms with Gasteiger partial charge in [-0.1, -0.05) is 17.7 Å². The number of primary amides is 1. The molecule has 0 aromatic heterocycles. The number of ether oxygens (including phenoxy) is 2. The Hall–Kier alpha value is -2.57. The number of nitrogens with two attached hydrogens (primary N) is 1. The van der Waals surface area contributed by atoms with E-state index in [0.29, 0.717) is 5.75 Å². The molecule has 1 aromatic carbocycles. The van der Waals surface area contributed by atoms with Crippen molar-refractivity contribution in [2.24, 2.45) is 5.73 Å². The molecule has 7 nitrogen and oxygen atoms in total. The first-order chi connectivity index (χ1) is 9.79. The van der Waals surface area contributed by atoms with Crippen LogP contribution in [0.15, 0.2) is 12.1 Å². The third-order valence-electron chi connectivity index (χ3n) is 2.57. The molecule has 0 fully saturated rings. The van der Waals surface area contributed by atoms with E-state index < -0.39 is 24.5 Å².